The molecule has 0 aliphatic heterocycles. The van der Waals surface area contributed by atoms with Gasteiger partial charge in [0.2, 0.25) is 0 Å². The molecule has 0 N–H and O–H groups in total. The minimum absolute atomic E-state index is 1.13. The molecule has 0 radical (unpaired) electrons. The molecule has 0 atom stereocenters. The number of rotatable bonds is 5. The highest BCUT2D eigenvalue weighted by atomic mass is 32.1. The van der Waals surface area contributed by atoms with Crippen molar-refractivity contribution in [2.75, 3.05) is 4.90 Å². The van der Waals surface area contributed by atoms with Crippen molar-refractivity contribution >= 4 is 59.3 Å². The highest BCUT2D eigenvalue weighted by Crippen LogP contribution is 2.42. The van der Waals surface area contributed by atoms with Crippen molar-refractivity contribution in [3.8, 4) is 22.3 Å². The van der Waals surface area contributed by atoms with Gasteiger partial charge in [0.25, 0.3) is 0 Å². The summed E-state index contributed by atoms with van der Waals surface area (Å²) in [4.78, 5) is 2.38. The summed E-state index contributed by atoms with van der Waals surface area (Å²) in [5, 5.41) is 5.20. The van der Waals surface area contributed by atoms with Crippen LogP contribution in [0.4, 0.5) is 17.1 Å². The average Bonchev–Trinajstić information content (AvgIpc) is 3.41. The number of thiophene rings is 1. The Kier molecular flexibility index (Phi) is 6.05. The van der Waals surface area contributed by atoms with E-state index < -0.39 is 0 Å². The summed E-state index contributed by atoms with van der Waals surface area (Å²) in [6.07, 6.45) is 0. The highest BCUT2D eigenvalue weighted by Gasteiger charge is 2.16. The molecule has 198 valence electrons. The molecular weight excluding hydrogens is 527 g/mol. The maximum atomic E-state index is 2.38. The Morgan fingerprint density at radius 2 is 0.881 bits per heavy atom. The molecule has 0 fully saturated rings. The standard InChI is InChI=1S/C40H27NS/c1-3-10-28(11-4-1)30-18-20-34(21-19-30)41(35-17-9-16-31(24-35)29-12-5-2-6-13-29)36-22-23-37-38-25-32-14-7-8-15-33(32)26-39(38)42-40(37)27-36/h1-27H. The fraction of sp³-hybridized carbons (Fsp3) is 0. The fourth-order valence-electron chi connectivity index (χ4n) is 5.93. The second kappa shape index (κ2) is 10.3. The Labute approximate surface area is 249 Å². The van der Waals surface area contributed by atoms with E-state index in [0.29, 0.717) is 0 Å². The topological polar surface area (TPSA) is 3.24 Å². The van der Waals surface area contributed by atoms with Gasteiger partial charge in [-0.3, -0.25) is 0 Å². The van der Waals surface area contributed by atoms with Crippen LogP contribution in [0, 0.1) is 0 Å². The summed E-state index contributed by atoms with van der Waals surface area (Å²) < 4.78 is 2.62. The third kappa shape index (κ3) is 4.43. The van der Waals surface area contributed by atoms with Crippen LogP contribution in [0.5, 0.6) is 0 Å². The summed E-state index contributed by atoms with van der Waals surface area (Å²) >= 11 is 1.87. The summed E-state index contributed by atoms with van der Waals surface area (Å²) in [5.41, 5.74) is 8.27. The molecule has 0 spiro atoms. The summed E-state index contributed by atoms with van der Waals surface area (Å²) in [5.74, 6) is 0. The number of fused-ring (bicyclic) bond motifs is 4. The Morgan fingerprint density at radius 1 is 0.333 bits per heavy atom. The molecule has 0 aliphatic rings. The minimum atomic E-state index is 1.13. The van der Waals surface area contributed by atoms with Gasteiger partial charge in [-0.25, -0.2) is 0 Å². The number of hydrogen-bond acceptors (Lipinski definition) is 2. The van der Waals surface area contributed by atoms with Crippen molar-refractivity contribution in [1.29, 1.82) is 0 Å². The van der Waals surface area contributed by atoms with E-state index in [1.54, 1.807) is 0 Å². The Morgan fingerprint density at radius 3 is 1.62 bits per heavy atom. The van der Waals surface area contributed by atoms with E-state index in [-0.39, 0.29) is 0 Å². The van der Waals surface area contributed by atoms with Crippen molar-refractivity contribution in [1.82, 2.24) is 0 Å². The normalized spacial score (nSPS) is 11.3. The van der Waals surface area contributed by atoms with Crippen LogP contribution in [0.25, 0.3) is 53.2 Å². The molecule has 0 bridgehead atoms. The van der Waals surface area contributed by atoms with E-state index in [4.69, 9.17) is 0 Å². The van der Waals surface area contributed by atoms with Crippen molar-refractivity contribution in [2.24, 2.45) is 0 Å². The van der Waals surface area contributed by atoms with Crippen LogP contribution in [0.1, 0.15) is 0 Å². The maximum absolute atomic E-state index is 2.38. The zero-order valence-corrected chi connectivity index (χ0v) is 23.8. The first-order chi connectivity index (χ1) is 20.8. The summed E-state index contributed by atoms with van der Waals surface area (Å²) in [6.45, 7) is 0. The van der Waals surface area contributed by atoms with Gasteiger partial charge < -0.3 is 4.90 Å². The van der Waals surface area contributed by atoms with E-state index in [1.807, 2.05) is 11.3 Å². The molecule has 0 saturated carbocycles. The molecule has 8 rings (SSSR count). The number of nitrogens with zero attached hydrogens (tertiary/aromatic N) is 1. The minimum Gasteiger partial charge on any atom is -0.310 e. The van der Waals surface area contributed by atoms with Crippen LogP contribution in [0.2, 0.25) is 0 Å². The molecule has 42 heavy (non-hydrogen) atoms. The second-order valence-corrected chi connectivity index (χ2v) is 11.7. The van der Waals surface area contributed by atoms with Crippen molar-refractivity contribution in [2.45, 2.75) is 0 Å². The number of hydrogen-bond donors (Lipinski definition) is 0. The molecule has 7 aromatic carbocycles. The maximum Gasteiger partial charge on any atom is 0.0476 e. The van der Waals surface area contributed by atoms with Gasteiger partial charge in [0, 0.05) is 37.2 Å². The lowest BCUT2D eigenvalue weighted by atomic mass is 10.0. The van der Waals surface area contributed by atoms with E-state index in [0.717, 1.165) is 17.1 Å². The molecule has 2 heteroatoms. The molecule has 0 amide bonds. The predicted octanol–water partition coefficient (Wildman–Crippen LogP) is 12.0. The third-order valence-corrected chi connectivity index (χ3v) is 9.14. The van der Waals surface area contributed by atoms with Gasteiger partial charge in [-0.05, 0) is 81.6 Å². The van der Waals surface area contributed by atoms with Gasteiger partial charge in [-0.1, -0.05) is 115 Å². The Balaban J connectivity index is 1.28. The predicted molar refractivity (Wildman–Crippen MR) is 182 cm³/mol. The fourth-order valence-corrected chi connectivity index (χ4v) is 7.10. The van der Waals surface area contributed by atoms with Crippen LogP contribution in [0.15, 0.2) is 164 Å². The lowest BCUT2D eigenvalue weighted by molar-refractivity contribution is 1.29. The van der Waals surface area contributed by atoms with Crippen molar-refractivity contribution < 1.29 is 0 Å². The largest absolute Gasteiger partial charge is 0.310 e. The lowest BCUT2D eigenvalue weighted by Crippen LogP contribution is -2.09. The first-order valence-corrected chi connectivity index (χ1v) is 15.1. The van der Waals surface area contributed by atoms with Crippen molar-refractivity contribution in [3.63, 3.8) is 0 Å². The molecule has 8 aromatic rings. The molecule has 0 aliphatic carbocycles. The van der Waals surface area contributed by atoms with Crippen molar-refractivity contribution in [3.05, 3.63) is 164 Å². The zero-order chi connectivity index (χ0) is 27.9. The van der Waals surface area contributed by atoms with E-state index in [1.165, 1.54) is 53.2 Å². The van der Waals surface area contributed by atoms with Crippen LogP contribution in [-0.4, -0.2) is 0 Å². The van der Waals surface area contributed by atoms with Crippen LogP contribution < -0.4 is 4.90 Å². The molecular formula is C40H27NS. The third-order valence-electron chi connectivity index (χ3n) is 8.03. The lowest BCUT2D eigenvalue weighted by Gasteiger charge is -2.26. The molecule has 1 aromatic heterocycles. The highest BCUT2D eigenvalue weighted by molar-refractivity contribution is 7.25. The van der Waals surface area contributed by atoms with Gasteiger partial charge in [0.05, 0.1) is 0 Å². The first kappa shape index (κ1) is 24.6. The Hall–Kier alpha value is -5.18. The van der Waals surface area contributed by atoms with Gasteiger partial charge in [-0.15, -0.1) is 11.3 Å². The summed E-state index contributed by atoms with van der Waals surface area (Å²) in [7, 11) is 0. The quantitative estimate of drug-likeness (QED) is 0.205. The van der Waals surface area contributed by atoms with E-state index >= 15 is 0 Å². The average molecular weight is 554 g/mol. The monoisotopic (exact) mass is 553 g/mol. The molecule has 0 saturated heterocycles. The molecule has 0 unspecified atom stereocenters. The smallest absolute Gasteiger partial charge is 0.0476 e. The van der Waals surface area contributed by atoms with Gasteiger partial charge in [0.15, 0.2) is 0 Å². The zero-order valence-electron chi connectivity index (χ0n) is 22.9. The van der Waals surface area contributed by atoms with Gasteiger partial charge in [0.1, 0.15) is 0 Å². The van der Waals surface area contributed by atoms with Crippen LogP contribution in [0.3, 0.4) is 0 Å². The van der Waals surface area contributed by atoms with Crippen LogP contribution >= 0.6 is 11.3 Å². The molecule has 1 heterocycles. The van der Waals surface area contributed by atoms with Gasteiger partial charge >= 0.3 is 0 Å². The number of benzene rings is 7. The summed E-state index contributed by atoms with van der Waals surface area (Å²) in [6, 6.07) is 59.2. The van der Waals surface area contributed by atoms with E-state index in [9.17, 15) is 0 Å². The first-order valence-electron chi connectivity index (χ1n) is 14.3. The van der Waals surface area contributed by atoms with Crippen LogP contribution in [-0.2, 0) is 0 Å². The molecule has 1 nitrogen and oxygen atoms in total. The van der Waals surface area contributed by atoms with Gasteiger partial charge in [-0.2, -0.15) is 0 Å². The number of anilines is 3. The Bertz CT molecular complexity index is 2180. The SMILES string of the molecule is c1ccc(-c2ccc(N(c3cccc(-c4ccccc4)c3)c3ccc4c(c3)sc3cc5ccccc5cc34)cc2)cc1. The van der Waals surface area contributed by atoms with E-state index in [2.05, 4.69) is 169 Å². The second-order valence-electron chi connectivity index (χ2n) is 10.6.